The van der Waals surface area contributed by atoms with Crippen LogP contribution in [0.1, 0.15) is 26.2 Å². The zero-order chi connectivity index (χ0) is 4.83. The molecule has 0 amide bonds. The van der Waals surface area contributed by atoms with Gasteiger partial charge >= 0.3 is 0 Å². The molecule has 0 unspecified atom stereocenters. The number of rotatable bonds is 3. The van der Waals surface area contributed by atoms with Gasteiger partial charge < -0.3 is 5.11 Å². The minimum Gasteiger partial charge on any atom is -0.396 e. The monoisotopic (exact) mass is 162 g/mol. The Morgan fingerprint density at radius 1 is 1.29 bits per heavy atom. The van der Waals surface area contributed by atoms with Crippen LogP contribution in [0.2, 0.25) is 0 Å². The summed E-state index contributed by atoms with van der Waals surface area (Å²) in [5.41, 5.74) is 0. The smallest absolute Gasteiger partial charge is 0.0431 e. The van der Waals surface area contributed by atoms with Crippen LogP contribution in [0.3, 0.4) is 0 Å². The molecule has 0 rings (SSSR count). The van der Waals surface area contributed by atoms with Crippen LogP contribution in [0.5, 0.6) is 0 Å². The summed E-state index contributed by atoms with van der Waals surface area (Å²) in [5.74, 6) is 0. The van der Waals surface area contributed by atoms with Gasteiger partial charge in [0.25, 0.3) is 0 Å². The molecule has 0 fully saturated rings. The fourth-order valence-electron chi connectivity index (χ4n) is 0.362. The van der Waals surface area contributed by atoms with E-state index in [-0.39, 0.29) is 17.6 Å². The van der Waals surface area contributed by atoms with Crippen molar-refractivity contribution in [3.05, 3.63) is 0 Å². The van der Waals surface area contributed by atoms with Gasteiger partial charge in [-0.25, -0.2) is 0 Å². The summed E-state index contributed by atoms with van der Waals surface area (Å²) in [4.78, 5) is 0. The predicted molar refractivity (Wildman–Crippen MR) is 32.4 cm³/mol. The van der Waals surface area contributed by atoms with Crippen LogP contribution in [0.15, 0.2) is 0 Å². The molecule has 0 aromatic rings. The first-order chi connectivity index (χ1) is 2.91. The Labute approximate surface area is 56.1 Å². The quantitative estimate of drug-likeness (QED) is 0.478. The van der Waals surface area contributed by atoms with Gasteiger partial charge in [0.2, 0.25) is 0 Å². The van der Waals surface area contributed by atoms with Gasteiger partial charge in [0.05, 0.1) is 0 Å². The third kappa shape index (κ3) is 10.7. The maximum Gasteiger partial charge on any atom is 0.0431 e. The first-order valence-electron chi connectivity index (χ1n) is 2.52. The first kappa shape index (κ1) is 10.5. The Kier molecular flexibility index (Phi) is 14.5. The van der Waals surface area contributed by atoms with Crippen LogP contribution >= 0.6 is 0 Å². The molecule has 0 aromatic carbocycles. The SMILES string of the molecule is CCCCCO.[Ge]. The molecule has 0 spiro atoms. The second-order valence-electron chi connectivity index (χ2n) is 1.43. The average Bonchev–Trinajstić information content (AvgIpc) is 1.61. The number of hydrogen-bond acceptors (Lipinski definition) is 1. The molecule has 0 saturated heterocycles. The molecular weight excluding hydrogens is 149 g/mol. The summed E-state index contributed by atoms with van der Waals surface area (Å²) in [6.45, 7) is 2.48. The molecular formula is C5H12GeO. The minimum absolute atomic E-state index is 0. The Balaban J connectivity index is 0. The van der Waals surface area contributed by atoms with Gasteiger partial charge in [-0.15, -0.1) is 0 Å². The standard InChI is InChI=1S/C5H12O.Ge/c1-2-3-4-5-6;/h6H,2-5H2,1H3;. The van der Waals surface area contributed by atoms with Crippen molar-refractivity contribution < 1.29 is 5.11 Å². The molecule has 0 aromatic heterocycles. The van der Waals surface area contributed by atoms with Gasteiger partial charge in [0.1, 0.15) is 0 Å². The fraction of sp³-hybridized carbons (Fsp3) is 1.00. The number of hydrogen-bond donors (Lipinski definition) is 1. The number of aliphatic hydroxyl groups excluding tert-OH is 1. The normalized spacial score (nSPS) is 7.71. The van der Waals surface area contributed by atoms with Crippen molar-refractivity contribution in [1.29, 1.82) is 0 Å². The average molecular weight is 161 g/mol. The van der Waals surface area contributed by atoms with Crippen molar-refractivity contribution in [2.75, 3.05) is 6.61 Å². The van der Waals surface area contributed by atoms with Crippen LogP contribution in [-0.4, -0.2) is 29.3 Å². The van der Waals surface area contributed by atoms with Crippen molar-refractivity contribution in [3.8, 4) is 0 Å². The van der Waals surface area contributed by atoms with Crippen molar-refractivity contribution in [2.45, 2.75) is 26.2 Å². The van der Waals surface area contributed by atoms with E-state index in [9.17, 15) is 0 Å². The van der Waals surface area contributed by atoms with Gasteiger partial charge in [0, 0.05) is 24.2 Å². The van der Waals surface area contributed by atoms with Crippen molar-refractivity contribution in [3.63, 3.8) is 0 Å². The number of aliphatic hydroxyl groups is 1. The second-order valence-corrected chi connectivity index (χ2v) is 1.43. The van der Waals surface area contributed by atoms with E-state index in [0.29, 0.717) is 6.61 Å². The van der Waals surface area contributed by atoms with E-state index in [1.165, 1.54) is 6.42 Å². The summed E-state index contributed by atoms with van der Waals surface area (Å²) in [6, 6.07) is 0. The predicted octanol–water partition coefficient (Wildman–Crippen LogP) is 0.788. The molecule has 0 heterocycles. The first-order valence-corrected chi connectivity index (χ1v) is 2.52. The molecule has 42 valence electrons. The van der Waals surface area contributed by atoms with Crippen molar-refractivity contribution >= 4 is 17.6 Å². The van der Waals surface area contributed by atoms with E-state index < -0.39 is 0 Å². The molecule has 0 saturated carbocycles. The Morgan fingerprint density at radius 3 is 2.00 bits per heavy atom. The molecule has 0 aliphatic heterocycles. The van der Waals surface area contributed by atoms with Crippen LogP contribution in [0, 0.1) is 0 Å². The molecule has 0 aliphatic rings. The molecule has 0 bridgehead atoms. The van der Waals surface area contributed by atoms with E-state index in [2.05, 4.69) is 6.92 Å². The van der Waals surface area contributed by atoms with Crippen LogP contribution in [0.25, 0.3) is 0 Å². The van der Waals surface area contributed by atoms with Crippen LogP contribution in [0.4, 0.5) is 0 Å². The fourth-order valence-corrected chi connectivity index (χ4v) is 0.362. The summed E-state index contributed by atoms with van der Waals surface area (Å²) in [6.07, 6.45) is 3.33. The molecule has 1 N–H and O–H groups in total. The molecule has 0 atom stereocenters. The maximum absolute atomic E-state index is 8.20. The molecule has 0 aliphatic carbocycles. The molecule has 1 nitrogen and oxygen atoms in total. The Morgan fingerprint density at radius 2 is 1.86 bits per heavy atom. The van der Waals surface area contributed by atoms with Crippen molar-refractivity contribution in [1.82, 2.24) is 0 Å². The van der Waals surface area contributed by atoms with Gasteiger partial charge in [0.15, 0.2) is 0 Å². The third-order valence-corrected chi connectivity index (χ3v) is 0.762. The van der Waals surface area contributed by atoms with E-state index >= 15 is 0 Å². The van der Waals surface area contributed by atoms with Crippen molar-refractivity contribution in [2.24, 2.45) is 0 Å². The van der Waals surface area contributed by atoms with Gasteiger partial charge in [-0.1, -0.05) is 19.8 Å². The van der Waals surface area contributed by atoms with Gasteiger partial charge in [-0.2, -0.15) is 0 Å². The third-order valence-electron chi connectivity index (χ3n) is 0.762. The van der Waals surface area contributed by atoms with Gasteiger partial charge in [-0.3, -0.25) is 0 Å². The van der Waals surface area contributed by atoms with E-state index in [4.69, 9.17) is 5.11 Å². The minimum atomic E-state index is 0. The van der Waals surface area contributed by atoms with Crippen LogP contribution in [-0.2, 0) is 0 Å². The molecule has 2 heteroatoms. The maximum atomic E-state index is 8.20. The van der Waals surface area contributed by atoms with E-state index in [1.807, 2.05) is 0 Å². The number of unbranched alkanes of at least 4 members (excludes halogenated alkanes) is 2. The molecule has 4 radical (unpaired) electrons. The van der Waals surface area contributed by atoms with Gasteiger partial charge in [-0.05, 0) is 6.42 Å². The second kappa shape index (κ2) is 9.71. The zero-order valence-corrected chi connectivity index (χ0v) is 6.87. The Hall–Kier alpha value is 0.503. The van der Waals surface area contributed by atoms with E-state index in [1.54, 1.807) is 0 Å². The summed E-state index contributed by atoms with van der Waals surface area (Å²) in [7, 11) is 0. The summed E-state index contributed by atoms with van der Waals surface area (Å²) < 4.78 is 0. The molecule has 7 heavy (non-hydrogen) atoms. The largest absolute Gasteiger partial charge is 0.396 e. The summed E-state index contributed by atoms with van der Waals surface area (Å²) in [5, 5.41) is 8.20. The zero-order valence-electron chi connectivity index (χ0n) is 4.78. The van der Waals surface area contributed by atoms with Crippen LogP contribution < -0.4 is 0 Å². The Bertz CT molecular complexity index is 20.0. The van der Waals surface area contributed by atoms with E-state index in [0.717, 1.165) is 12.8 Å². The summed E-state index contributed by atoms with van der Waals surface area (Å²) >= 11 is 0. The topological polar surface area (TPSA) is 20.2 Å².